The molecule has 2 N–H and O–H groups in total. The number of amides is 1. The van der Waals surface area contributed by atoms with Crippen LogP contribution in [0.25, 0.3) is 0 Å². The van der Waals surface area contributed by atoms with Gasteiger partial charge in [-0.3, -0.25) is 4.79 Å². The van der Waals surface area contributed by atoms with Crippen LogP contribution in [0.2, 0.25) is 0 Å². The monoisotopic (exact) mass is 277 g/mol. The van der Waals surface area contributed by atoms with Crippen molar-refractivity contribution in [1.82, 2.24) is 9.47 Å². The van der Waals surface area contributed by atoms with Crippen molar-refractivity contribution in [2.45, 2.75) is 58.5 Å². The highest BCUT2D eigenvalue weighted by molar-refractivity contribution is 5.94. The summed E-state index contributed by atoms with van der Waals surface area (Å²) >= 11 is 0. The zero-order valence-electron chi connectivity index (χ0n) is 12.9. The van der Waals surface area contributed by atoms with Gasteiger partial charge in [0, 0.05) is 25.8 Å². The normalized spacial score (nSPS) is 22.8. The lowest BCUT2D eigenvalue weighted by Gasteiger charge is -2.36. The van der Waals surface area contributed by atoms with Gasteiger partial charge in [0.1, 0.15) is 5.69 Å². The van der Waals surface area contributed by atoms with E-state index in [1.165, 1.54) is 19.3 Å². The molecular weight excluding hydrogens is 250 g/mol. The molecule has 1 aliphatic rings. The molecule has 0 bridgehead atoms. The maximum Gasteiger partial charge on any atom is 0.270 e. The molecule has 1 heterocycles. The fraction of sp³-hybridized carbons (Fsp3) is 0.688. The summed E-state index contributed by atoms with van der Waals surface area (Å²) in [5.74, 6) is 0.693. The van der Waals surface area contributed by atoms with Crippen molar-refractivity contribution in [3.05, 3.63) is 18.0 Å². The molecule has 1 fully saturated rings. The van der Waals surface area contributed by atoms with E-state index in [-0.39, 0.29) is 5.91 Å². The van der Waals surface area contributed by atoms with Gasteiger partial charge in [-0.1, -0.05) is 26.7 Å². The van der Waals surface area contributed by atoms with Gasteiger partial charge in [0.15, 0.2) is 0 Å². The van der Waals surface area contributed by atoms with E-state index >= 15 is 0 Å². The summed E-state index contributed by atoms with van der Waals surface area (Å²) in [6, 6.07) is 2.17. The molecule has 4 heteroatoms. The van der Waals surface area contributed by atoms with Crippen molar-refractivity contribution < 1.29 is 4.79 Å². The Labute approximate surface area is 121 Å². The summed E-state index contributed by atoms with van der Waals surface area (Å²) in [5.41, 5.74) is 7.26. The standard InChI is InChI=1S/C16H27N3O/c1-4-9-19-11-13(17)10-15(19)16(20)18(3)14-8-6-5-7-12(14)2/h10-12,14H,4-9,17H2,1-3H3. The first-order valence-electron chi connectivity index (χ1n) is 7.77. The molecule has 0 aliphatic heterocycles. The fourth-order valence-electron chi connectivity index (χ4n) is 3.34. The van der Waals surface area contributed by atoms with Crippen molar-refractivity contribution in [2.75, 3.05) is 12.8 Å². The second-order valence-electron chi connectivity index (χ2n) is 6.10. The number of aryl methyl sites for hydroxylation is 1. The van der Waals surface area contributed by atoms with Gasteiger partial charge in [-0.05, 0) is 31.2 Å². The van der Waals surface area contributed by atoms with Crippen LogP contribution in [0.3, 0.4) is 0 Å². The highest BCUT2D eigenvalue weighted by atomic mass is 16.2. The number of nitrogens with two attached hydrogens (primary N) is 1. The van der Waals surface area contributed by atoms with Crippen LogP contribution in [0.15, 0.2) is 12.3 Å². The highest BCUT2D eigenvalue weighted by Gasteiger charge is 2.29. The van der Waals surface area contributed by atoms with Gasteiger partial charge >= 0.3 is 0 Å². The number of nitrogens with zero attached hydrogens (tertiary/aromatic N) is 2. The summed E-state index contributed by atoms with van der Waals surface area (Å²) < 4.78 is 1.99. The third kappa shape index (κ3) is 3.00. The Morgan fingerprint density at radius 1 is 1.45 bits per heavy atom. The minimum Gasteiger partial charge on any atom is -0.397 e. The van der Waals surface area contributed by atoms with Gasteiger partial charge in [0.25, 0.3) is 5.91 Å². The van der Waals surface area contributed by atoms with Crippen LogP contribution in [-0.4, -0.2) is 28.5 Å². The van der Waals surface area contributed by atoms with Crippen LogP contribution in [0.1, 0.15) is 56.4 Å². The van der Waals surface area contributed by atoms with Gasteiger partial charge < -0.3 is 15.2 Å². The highest BCUT2D eigenvalue weighted by Crippen LogP contribution is 2.28. The molecule has 1 aromatic rings. The first-order chi connectivity index (χ1) is 9.54. The first kappa shape index (κ1) is 14.9. The van der Waals surface area contributed by atoms with Gasteiger partial charge in [0.05, 0.1) is 5.69 Å². The zero-order chi connectivity index (χ0) is 14.7. The molecule has 112 valence electrons. The average Bonchev–Trinajstić information content (AvgIpc) is 2.79. The SMILES string of the molecule is CCCn1cc(N)cc1C(=O)N(C)C1CCCCC1C. The average molecular weight is 277 g/mol. The molecule has 20 heavy (non-hydrogen) atoms. The van der Waals surface area contributed by atoms with E-state index in [2.05, 4.69) is 13.8 Å². The third-order valence-electron chi connectivity index (χ3n) is 4.49. The lowest BCUT2D eigenvalue weighted by Crippen LogP contribution is -2.43. The van der Waals surface area contributed by atoms with E-state index in [0.717, 1.165) is 25.1 Å². The van der Waals surface area contributed by atoms with E-state index < -0.39 is 0 Å². The summed E-state index contributed by atoms with van der Waals surface area (Å²) in [4.78, 5) is 14.7. The lowest BCUT2D eigenvalue weighted by atomic mass is 9.85. The number of hydrogen-bond acceptors (Lipinski definition) is 2. The number of carbonyl (C=O) groups is 1. The Kier molecular flexibility index (Phi) is 4.73. The molecule has 2 atom stereocenters. The molecule has 1 aliphatic carbocycles. The maximum atomic E-state index is 12.7. The Hall–Kier alpha value is -1.45. The van der Waals surface area contributed by atoms with E-state index in [1.807, 2.05) is 28.8 Å². The largest absolute Gasteiger partial charge is 0.397 e. The van der Waals surface area contributed by atoms with E-state index in [9.17, 15) is 4.79 Å². The Morgan fingerprint density at radius 3 is 2.80 bits per heavy atom. The number of anilines is 1. The molecule has 2 rings (SSSR count). The number of carbonyl (C=O) groups excluding carboxylic acids is 1. The van der Waals surface area contributed by atoms with Crippen molar-refractivity contribution >= 4 is 11.6 Å². The lowest BCUT2D eigenvalue weighted by molar-refractivity contribution is 0.0618. The molecule has 0 radical (unpaired) electrons. The molecule has 0 aromatic carbocycles. The van der Waals surface area contributed by atoms with Gasteiger partial charge in [-0.2, -0.15) is 0 Å². The van der Waals surface area contributed by atoms with Crippen LogP contribution in [0, 0.1) is 5.92 Å². The smallest absolute Gasteiger partial charge is 0.270 e. The second-order valence-corrected chi connectivity index (χ2v) is 6.10. The van der Waals surface area contributed by atoms with Crippen molar-refractivity contribution in [1.29, 1.82) is 0 Å². The zero-order valence-corrected chi connectivity index (χ0v) is 12.9. The van der Waals surface area contributed by atoms with E-state index in [0.29, 0.717) is 17.6 Å². The van der Waals surface area contributed by atoms with Crippen LogP contribution in [-0.2, 0) is 6.54 Å². The van der Waals surface area contributed by atoms with Crippen molar-refractivity contribution in [2.24, 2.45) is 5.92 Å². The molecule has 1 aromatic heterocycles. The minimum absolute atomic E-state index is 0.105. The van der Waals surface area contributed by atoms with Gasteiger partial charge in [-0.15, -0.1) is 0 Å². The summed E-state index contributed by atoms with van der Waals surface area (Å²) in [5, 5.41) is 0. The van der Waals surface area contributed by atoms with Crippen LogP contribution < -0.4 is 5.73 Å². The van der Waals surface area contributed by atoms with Crippen LogP contribution in [0.5, 0.6) is 0 Å². The number of rotatable bonds is 4. The molecule has 0 spiro atoms. The minimum atomic E-state index is 0.105. The predicted octanol–water partition coefficient (Wildman–Crippen LogP) is 3.13. The van der Waals surface area contributed by atoms with Crippen LogP contribution in [0.4, 0.5) is 5.69 Å². The molecule has 1 saturated carbocycles. The van der Waals surface area contributed by atoms with Crippen molar-refractivity contribution in [3.63, 3.8) is 0 Å². The fourth-order valence-corrected chi connectivity index (χ4v) is 3.34. The Balaban J connectivity index is 2.17. The van der Waals surface area contributed by atoms with Gasteiger partial charge in [0.2, 0.25) is 0 Å². The first-order valence-corrected chi connectivity index (χ1v) is 7.77. The molecule has 0 saturated heterocycles. The van der Waals surface area contributed by atoms with E-state index in [1.54, 1.807) is 0 Å². The Bertz CT molecular complexity index is 466. The number of hydrogen-bond donors (Lipinski definition) is 1. The third-order valence-corrected chi connectivity index (χ3v) is 4.49. The Morgan fingerprint density at radius 2 is 2.15 bits per heavy atom. The summed E-state index contributed by atoms with van der Waals surface area (Å²) in [6.45, 7) is 5.21. The molecular formula is C16H27N3O. The van der Waals surface area contributed by atoms with E-state index in [4.69, 9.17) is 5.73 Å². The number of aromatic nitrogens is 1. The van der Waals surface area contributed by atoms with Crippen molar-refractivity contribution in [3.8, 4) is 0 Å². The van der Waals surface area contributed by atoms with Crippen LogP contribution >= 0.6 is 0 Å². The summed E-state index contributed by atoms with van der Waals surface area (Å²) in [6.07, 6.45) is 7.73. The number of nitrogen functional groups attached to an aromatic ring is 1. The quantitative estimate of drug-likeness (QED) is 0.919. The predicted molar refractivity (Wildman–Crippen MR) is 82.6 cm³/mol. The second kappa shape index (κ2) is 6.33. The van der Waals surface area contributed by atoms with Gasteiger partial charge in [-0.25, -0.2) is 0 Å². The molecule has 4 nitrogen and oxygen atoms in total. The molecule has 1 amide bonds. The molecule has 2 unspecified atom stereocenters. The summed E-state index contributed by atoms with van der Waals surface area (Å²) in [7, 11) is 1.94. The maximum absolute atomic E-state index is 12.7. The topological polar surface area (TPSA) is 51.3 Å².